The first-order chi connectivity index (χ1) is 9.10. The minimum atomic E-state index is 0.120. The van der Waals surface area contributed by atoms with E-state index < -0.39 is 0 Å². The van der Waals surface area contributed by atoms with Gasteiger partial charge in [0.05, 0.1) is 0 Å². The molecule has 19 heavy (non-hydrogen) atoms. The Bertz CT molecular complexity index is 257. The summed E-state index contributed by atoms with van der Waals surface area (Å²) in [7, 11) is 2.09. The molecule has 0 atom stereocenters. The second-order valence-electron chi connectivity index (χ2n) is 4.77. The summed E-state index contributed by atoms with van der Waals surface area (Å²) >= 11 is 0. The smallest absolute Gasteiger partial charge is 0.219 e. The monoisotopic (exact) mass is 271 g/mol. The molecule has 0 saturated carbocycles. The van der Waals surface area contributed by atoms with E-state index in [-0.39, 0.29) is 11.8 Å². The molecule has 2 N–H and O–H groups in total. The van der Waals surface area contributed by atoms with Crippen LogP contribution in [-0.4, -0.2) is 49.9 Å². The molecule has 0 fully saturated rings. The van der Waals surface area contributed by atoms with Gasteiger partial charge in [-0.3, -0.25) is 9.59 Å². The number of unbranched alkanes of at least 4 members (excludes halogenated alkanes) is 1. The van der Waals surface area contributed by atoms with Crippen LogP contribution in [0.5, 0.6) is 0 Å². The number of carbonyl (C=O) groups is 2. The molecule has 0 spiro atoms. The number of rotatable bonds is 11. The third-order valence-electron chi connectivity index (χ3n) is 2.97. The van der Waals surface area contributed by atoms with Gasteiger partial charge in [0.1, 0.15) is 0 Å². The zero-order chi connectivity index (χ0) is 14.5. The SMILES string of the molecule is CCC(=O)NCCCCN(C)CCCNC(=O)CC. The normalized spacial score (nSPS) is 10.5. The molecule has 0 heterocycles. The van der Waals surface area contributed by atoms with Crippen molar-refractivity contribution in [2.75, 3.05) is 33.2 Å². The molecule has 5 heteroatoms. The largest absolute Gasteiger partial charge is 0.356 e. The summed E-state index contributed by atoms with van der Waals surface area (Å²) in [6.07, 6.45) is 4.20. The molecule has 0 aromatic carbocycles. The lowest BCUT2D eigenvalue weighted by atomic mass is 10.2. The number of hydrogen-bond acceptors (Lipinski definition) is 3. The fourth-order valence-corrected chi connectivity index (χ4v) is 1.67. The van der Waals surface area contributed by atoms with Gasteiger partial charge in [-0.2, -0.15) is 0 Å². The first-order valence-corrected chi connectivity index (χ1v) is 7.32. The van der Waals surface area contributed by atoms with Crippen molar-refractivity contribution in [1.82, 2.24) is 15.5 Å². The number of amides is 2. The molecule has 0 radical (unpaired) electrons. The van der Waals surface area contributed by atoms with E-state index in [1.165, 1.54) is 0 Å². The van der Waals surface area contributed by atoms with Crippen LogP contribution >= 0.6 is 0 Å². The van der Waals surface area contributed by atoms with Crippen molar-refractivity contribution < 1.29 is 9.59 Å². The van der Waals surface area contributed by atoms with E-state index >= 15 is 0 Å². The number of nitrogens with zero attached hydrogens (tertiary/aromatic N) is 1. The maximum absolute atomic E-state index is 11.0. The average Bonchev–Trinajstić information content (AvgIpc) is 2.42. The van der Waals surface area contributed by atoms with Crippen molar-refractivity contribution in [2.24, 2.45) is 0 Å². The molecule has 0 aliphatic rings. The van der Waals surface area contributed by atoms with Crippen LogP contribution in [0.1, 0.15) is 46.0 Å². The maximum Gasteiger partial charge on any atom is 0.219 e. The highest BCUT2D eigenvalue weighted by Crippen LogP contribution is 1.94. The van der Waals surface area contributed by atoms with Gasteiger partial charge in [0.15, 0.2) is 0 Å². The highest BCUT2D eigenvalue weighted by Gasteiger charge is 2.00. The molecule has 0 aliphatic carbocycles. The van der Waals surface area contributed by atoms with Crippen molar-refractivity contribution in [2.45, 2.75) is 46.0 Å². The van der Waals surface area contributed by atoms with Crippen LogP contribution < -0.4 is 10.6 Å². The quantitative estimate of drug-likeness (QED) is 0.554. The van der Waals surface area contributed by atoms with Gasteiger partial charge in [-0.05, 0) is 39.4 Å². The van der Waals surface area contributed by atoms with Gasteiger partial charge in [-0.25, -0.2) is 0 Å². The Morgan fingerprint density at radius 2 is 1.32 bits per heavy atom. The van der Waals surface area contributed by atoms with Crippen LogP contribution in [0.2, 0.25) is 0 Å². The van der Waals surface area contributed by atoms with E-state index in [9.17, 15) is 9.59 Å². The summed E-state index contributed by atoms with van der Waals surface area (Å²) in [6, 6.07) is 0. The Hall–Kier alpha value is -1.10. The predicted octanol–water partition coefficient (Wildman–Crippen LogP) is 1.14. The van der Waals surface area contributed by atoms with Crippen LogP contribution in [-0.2, 0) is 9.59 Å². The molecule has 2 amide bonds. The minimum Gasteiger partial charge on any atom is -0.356 e. The van der Waals surface area contributed by atoms with E-state index in [0.29, 0.717) is 12.8 Å². The van der Waals surface area contributed by atoms with Crippen molar-refractivity contribution in [3.05, 3.63) is 0 Å². The molecule has 112 valence electrons. The molecular formula is C14H29N3O2. The van der Waals surface area contributed by atoms with Gasteiger partial charge in [0.2, 0.25) is 11.8 Å². The van der Waals surface area contributed by atoms with Crippen molar-refractivity contribution in [3.63, 3.8) is 0 Å². The standard InChI is InChI=1S/C14H29N3O2/c1-4-13(18)15-9-6-7-11-17(3)12-8-10-16-14(19)5-2/h4-12H2,1-3H3,(H,15,18)(H,16,19). The summed E-state index contributed by atoms with van der Waals surface area (Å²) < 4.78 is 0. The van der Waals surface area contributed by atoms with Crippen LogP contribution in [0.4, 0.5) is 0 Å². The molecule has 0 aromatic rings. The first-order valence-electron chi connectivity index (χ1n) is 7.32. The third-order valence-corrected chi connectivity index (χ3v) is 2.97. The molecule has 0 saturated heterocycles. The zero-order valence-electron chi connectivity index (χ0n) is 12.6. The lowest BCUT2D eigenvalue weighted by Crippen LogP contribution is -2.28. The third kappa shape index (κ3) is 11.7. The molecule has 5 nitrogen and oxygen atoms in total. The van der Waals surface area contributed by atoms with E-state index in [4.69, 9.17) is 0 Å². The van der Waals surface area contributed by atoms with Gasteiger partial charge in [0, 0.05) is 25.9 Å². The van der Waals surface area contributed by atoms with E-state index in [1.807, 2.05) is 13.8 Å². The Balaban J connectivity index is 3.32. The van der Waals surface area contributed by atoms with Crippen LogP contribution in [0, 0.1) is 0 Å². The van der Waals surface area contributed by atoms with Crippen molar-refractivity contribution >= 4 is 11.8 Å². The molecular weight excluding hydrogens is 242 g/mol. The topological polar surface area (TPSA) is 61.4 Å². The average molecular weight is 271 g/mol. The van der Waals surface area contributed by atoms with E-state index in [0.717, 1.165) is 45.4 Å². The van der Waals surface area contributed by atoms with Crippen molar-refractivity contribution in [3.8, 4) is 0 Å². The Morgan fingerprint density at radius 1 is 0.842 bits per heavy atom. The molecule has 0 rings (SSSR count). The Morgan fingerprint density at radius 3 is 1.84 bits per heavy atom. The second kappa shape index (κ2) is 12.0. The van der Waals surface area contributed by atoms with Gasteiger partial charge in [-0.15, -0.1) is 0 Å². The molecule has 0 bridgehead atoms. The number of carbonyl (C=O) groups excluding carboxylic acids is 2. The van der Waals surface area contributed by atoms with Crippen LogP contribution in [0.15, 0.2) is 0 Å². The lowest BCUT2D eigenvalue weighted by molar-refractivity contribution is -0.121. The Labute approximate surface area is 117 Å². The minimum absolute atomic E-state index is 0.120. The van der Waals surface area contributed by atoms with Crippen LogP contribution in [0.3, 0.4) is 0 Å². The van der Waals surface area contributed by atoms with Gasteiger partial charge >= 0.3 is 0 Å². The Kier molecular flexibility index (Phi) is 11.3. The summed E-state index contributed by atoms with van der Waals surface area (Å²) in [5.41, 5.74) is 0. The fourth-order valence-electron chi connectivity index (χ4n) is 1.67. The molecule has 0 unspecified atom stereocenters. The van der Waals surface area contributed by atoms with E-state index in [1.54, 1.807) is 0 Å². The fraction of sp³-hybridized carbons (Fsp3) is 0.857. The zero-order valence-corrected chi connectivity index (χ0v) is 12.6. The molecule has 0 aliphatic heterocycles. The maximum atomic E-state index is 11.0. The first kappa shape index (κ1) is 17.9. The number of nitrogens with one attached hydrogen (secondary N) is 2. The van der Waals surface area contributed by atoms with E-state index in [2.05, 4.69) is 22.6 Å². The highest BCUT2D eigenvalue weighted by atomic mass is 16.2. The summed E-state index contributed by atoms with van der Waals surface area (Å²) in [4.78, 5) is 24.3. The summed E-state index contributed by atoms with van der Waals surface area (Å²) in [6.45, 7) is 7.27. The van der Waals surface area contributed by atoms with Gasteiger partial charge in [-0.1, -0.05) is 13.8 Å². The lowest BCUT2D eigenvalue weighted by Gasteiger charge is -2.16. The van der Waals surface area contributed by atoms with Crippen LogP contribution in [0.25, 0.3) is 0 Å². The highest BCUT2D eigenvalue weighted by molar-refractivity contribution is 5.75. The molecule has 0 aromatic heterocycles. The summed E-state index contributed by atoms with van der Waals surface area (Å²) in [5, 5.41) is 5.74. The number of hydrogen-bond donors (Lipinski definition) is 2. The van der Waals surface area contributed by atoms with Gasteiger partial charge in [0.25, 0.3) is 0 Å². The second-order valence-corrected chi connectivity index (χ2v) is 4.77. The van der Waals surface area contributed by atoms with Crippen molar-refractivity contribution in [1.29, 1.82) is 0 Å². The summed E-state index contributed by atoms with van der Waals surface area (Å²) in [5.74, 6) is 0.245. The predicted molar refractivity (Wildman–Crippen MR) is 77.9 cm³/mol. The van der Waals surface area contributed by atoms with Gasteiger partial charge < -0.3 is 15.5 Å².